The Morgan fingerprint density at radius 1 is 0.702 bits per heavy atom. The number of nitrogens with one attached hydrogen (secondary N) is 7. The van der Waals surface area contributed by atoms with Crippen LogP contribution in [0.25, 0.3) is 0 Å². The molecule has 528 valence electrons. The van der Waals surface area contributed by atoms with Crippen molar-refractivity contribution in [2.24, 2.45) is 70.6 Å². The van der Waals surface area contributed by atoms with E-state index in [-0.39, 0.29) is 50.6 Å². The third kappa shape index (κ3) is 23.9. The number of benzene rings is 1. The summed E-state index contributed by atoms with van der Waals surface area (Å²) in [4.78, 5) is 181. The Morgan fingerprint density at radius 3 is 1.79 bits per heavy atom. The van der Waals surface area contributed by atoms with E-state index in [2.05, 4.69) is 37.2 Å². The molecule has 18 atom stereocenters. The Kier molecular flexibility index (Phi) is 34.2. The minimum atomic E-state index is -1.64. The number of esters is 1. The molecule has 1 heterocycles. The van der Waals surface area contributed by atoms with E-state index in [1.54, 1.807) is 48.5 Å². The monoisotopic (exact) mass is 1320 g/mol. The molecule has 0 bridgehead atoms. The molecule has 8 amide bonds. The molecular weight excluding hydrogens is 1210 g/mol. The molecule has 26 heteroatoms. The number of ether oxygens (including phenoxy) is 2. The quantitative estimate of drug-likeness (QED) is 0.0422. The molecule has 0 radical (unpaired) electrons. The zero-order valence-corrected chi connectivity index (χ0v) is 57.3. The van der Waals surface area contributed by atoms with Crippen LogP contribution in [0.1, 0.15) is 179 Å². The van der Waals surface area contributed by atoms with Crippen molar-refractivity contribution in [2.75, 3.05) is 26.3 Å². The van der Waals surface area contributed by atoms with Gasteiger partial charge in [-0.1, -0.05) is 132 Å². The Morgan fingerprint density at radius 2 is 1.27 bits per heavy atom. The number of hydrogen-bond acceptors (Lipinski definition) is 18. The number of amides is 8. The van der Waals surface area contributed by atoms with E-state index in [9.17, 15) is 72.5 Å². The summed E-state index contributed by atoms with van der Waals surface area (Å²) in [7, 11) is 0. The van der Waals surface area contributed by atoms with Gasteiger partial charge in [0.25, 0.3) is 0 Å². The highest BCUT2D eigenvalue weighted by Gasteiger charge is 2.61. The first-order valence-corrected chi connectivity index (χ1v) is 33.8. The lowest BCUT2D eigenvalue weighted by atomic mass is 9.83. The maximum Gasteiger partial charge on any atom is 0.407 e. The van der Waals surface area contributed by atoms with Gasteiger partial charge in [0.2, 0.25) is 41.4 Å². The van der Waals surface area contributed by atoms with Crippen molar-refractivity contribution in [2.45, 2.75) is 227 Å². The van der Waals surface area contributed by atoms with E-state index in [4.69, 9.17) is 20.9 Å². The first-order chi connectivity index (χ1) is 44.4. The summed E-state index contributed by atoms with van der Waals surface area (Å²) in [6.07, 6.45) is -2.20. The molecule has 1 aromatic carbocycles. The molecule has 1 spiro atoms. The molecular formula is C68H109N9O17. The van der Waals surface area contributed by atoms with Crippen molar-refractivity contribution in [1.29, 1.82) is 0 Å². The van der Waals surface area contributed by atoms with Crippen LogP contribution in [0.4, 0.5) is 4.79 Å². The van der Waals surface area contributed by atoms with Gasteiger partial charge in [-0.3, -0.25) is 52.7 Å². The van der Waals surface area contributed by atoms with Crippen LogP contribution in [0.15, 0.2) is 30.3 Å². The highest BCUT2D eigenvalue weighted by Crippen LogP contribution is 2.47. The lowest BCUT2D eigenvalue weighted by Gasteiger charge is -2.30. The molecule has 1 saturated heterocycles. The number of rotatable bonds is 39. The van der Waals surface area contributed by atoms with E-state index in [1.165, 1.54) is 13.8 Å². The number of nitrogens with two attached hydrogens (primary N) is 2. The Bertz CT molecular complexity index is 2750. The minimum Gasteiger partial charge on any atom is -0.458 e. The number of hydrogen-bond donors (Lipinski definition) is 11. The highest BCUT2D eigenvalue weighted by atomic mass is 16.6. The maximum absolute atomic E-state index is 14.6. The largest absolute Gasteiger partial charge is 0.458 e. The first kappa shape index (κ1) is 81.0. The van der Waals surface area contributed by atoms with Gasteiger partial charge in [0.05, 0.1) is 43.2 Å². The molecule has 1 aliphatic carbocycles. The maximum atomic E-state index is 14.6. The Hall–Kier alpha value is -7.19. The number of ketones is 4. The average molecular weight is 1320 g/mol. The molecule has 0 aromatic heterocycles. The lowest BCUT2D eigenvalue weighted by Crippen LogP contribution is -2.57. The van der Waals surface area contributed by atoms with E-state index in [1.807, 2.05) is 51.1 Å². The van der Waals surface area contributed by atoms with Gasteiger partial charge in [0.15, 0.2) is 23.1 Å². The SMILES string of the molecule is CCC(CN)OC(=O)NCCC1CC12NC(=O)[C@H](C)CC(=O)[C@H](NC(=O)[C@H](CO)CC(=O)[C@@H](NC(=O)[C@H](CC(=O)[C@@H](CCC(N)=O)NC(=O)[C@H](CO)CC(=O)[C@@H](NC(=O)[C@H](CC)Cc1ccccc1)[C@@H](C)CC)[C@@H](C)CC)[C@@H](C)CC)[C@H](C)OC(=O)[C@H]([C@@H](C)CC)NC2=O. The number of carbonyl (C=O) groups excluding carboxylic acids is 13. The van der Waals surface area contributed by atoms with Gasteiger partial charge in [-0.2, -0.15) is 0 Å². The second-order valence-corrected chi connectivity index (χ2v) is 26.2. The first-order valence-electron chi connectivity index (χ1n) is 33.8. The summed E-state index contributed by atoms with van der Waals surface area (Å²) >= 11 is 0. The number of cyclic esters (lactones) is 1. The molecule has 1 saturated carbocycles. The van der Waals surface area contributed by atoms with Crippen LogP contribution < -0.4 is 48.7 Å². The van der Waals surface area contributed by atoms with Crippen molar-refractivity contribution < 1.29 is 82.0 Å². The van der Waals surface area contributed by atoms with E-state index < -0.39 is 211 Å². The van der Waals surface area contributed by atoms with Crippen LogP contribution >= 0.6 is 0 Å². The van der Waals surface area contributed by atoms with E-state index in [0.29, 0.717) is 44.9 Å². The van der Waals surface area contributed by atoms with Crippen LogP contribution in [0.2, 0.25) is 0 Å². The molecule has 94 heavy (non-hydrogen) atoms. The predicted octanol–water partition coefficient (Wildman–Crippen LogP) is 3.11. The molecule has 1 aromatic rings. The molecule has 2 aliphatic rings. The molecule has 2 fully saturated rings. The number of carbonyl (C=O) groups is 13. The standard InChI is InChI=1S/C68H109N9O17/c1-13-37(7)49(32-51(80)50(24-25-55(70)84)72-62(87)45(35-78)30-53(82)56(38(8)14-2)73-61(86)44(17-5)29-43-22-20-19-21-23-43)64(89)74-57(39(9)15-3)54(83)31-46(36-79)63(88)75-59-42(12)93-65(90)58(40(10)16-4)76-66(91)68(77-60(85)41(11)28-52(59)81)33-47(68)26-27-71-67(92)94-48(18-6)34-69/h19-23,37-42,44-50,56-59,78-79H,13-18,24-36,69H2,1-12H3,(H2,70,84)(H,71,92)(H,72,87)(H,73,86)(H,74,89)(H,75,88)(H,76,91)(H,77,85)/t37-,38-,39-,40-,41+,42-,44+,45-,46-,47?,48?,49+,50+,56-,57-,58-,59+,68?/m0/s1. The molecule has 3 unspecified atom stereocenters. The second-order valence-electron chi connectivity index (χ2n) is 26.2. The summed E-state index contributed by atoms with van der Waals surface area (Å²) in [6, 6.07) is 2.75. The minimum absolute atomic E-state index is 0.0723. The fourth-order valence-corrected chi connectivity index (χ4v) is 11.6. The summed E-state index contributed by atoms with van der Waals surface area (Å²) in [5.74, 6) is -16.9. The Labute approximate surface area is 553 Å². The van der Waals surface area contributed by atoms with Crippen LogP contribution in [0, 0.1) is 59.2 Å². The number of aliphatic hydroxyl groups is 2. The van der Waals surface area contributed by atoms with Crippen molar-refractivity contribution in [3.05, 3.63) is 35.9 Å². The third-order valence-corrected chi connectivity index (χ3v) is 19.2. The predicted molar refractivity (Wildman–Crippen MR) is 349 cm³/mol. The fourth-order valence-electron chi connectivity index (χ4n) is 11.6. The van der Waals surface area contributed by atoms with Crippen molar-refractivity contribution in [3.63, 3.8) is 0 Å². The van der Waals surface area contributed by atoms with Gasteiger partial charge in [0, 0.05) is 62.9 Å². The molecule has 26 nitrogen and oxygen atoms in total. The average Bonchev–Trinajstić information content (AvgIpc) is 1.58. The Balaban J connectivity index is 1.85. The lowest BCUT2D eigenvalue weighted by molar-refractivity contribution is -0.157. The number of alkyl carbamates (subject to hydrolysis) is 1. The van der Waals surface area contributed by atoms with Crippen molar-refractivity contribution >= 4 is 76.5 Å². The van der Waals surface area contributed by atoms with Crippen molar-refractivity contribution in [3.8, 4) is 0 Å². The summed E-state index contributed by atoms with van der Waals surface area (Å²) in [5.41, 5.74) is 10.6. The van der Waals surface area contributed by atoms with Gasteiger partial charge in [0.1, 0.15) is 29.8 Å². The second kappa shape index (κ2) is 39.6. The van der Waals surface area contributed by atoms with E-state index in [0.717, 1.165) is 5.56 Å². The van der Waals surface area contributed by atoms with Crippen LogP contribution in [-0.4, -0.2) is 161 Å². The molecule has 13 N–H and O–H groups in total. The fraction of sp³-hybridized carbons (Fsp3) is 0.721. The van der Waals surface area contributed by atoms with Crippen LogP contribution in [0.5, 0.6) is 0 Å². The van der Waals surface area contributed by atoms with Gasteiger partial charge in [-0.05, 0) is 80.6 Å². The summed E-state index contributed by atoms with van der Waals surface area (Å²) < 4.78 is 11.2. The highest BCUT2D eigenvalue weighted by molar-refractivity contribution is 6.01. The van der Waals surface area contributed by atoms with E-state index >= 15 is 0 Å². The van der Waals surface area contributed by atoms with Crippen molar-refractivity contribution in [1.82, 2.24) is 37.2 Å². The summed E-state index contributed by atoms with van der Waals surface area (Å²) in [6.45, 7) is 18.9. The number of primary amides is 1. The third-order valence-electron chi connectivity index (χ3n) is 19.2. The molecule has 3 rings (SSSR count). The number of Topliss-reactive ketones (excluding diaryl/α,β-unsaturated/α-hetero) is 4. The van der Waals surface area contributed by atoms with Gasteiger partial charge in [-0.15, -0.1) is 0 Å². The molecule has 1 aliphatic heterocycles. The van der Waals surface area contributed by atoms with Crippen LogP contribution in [-0.2, 0) is 73.4 Å². The zero-order valence-electron chi connectivity index (χ0n) is 57.3. The van der Waals surface area contributed by atoms with Gasteiger partial charge >= 0.3 is 12.1 Å². The van der Waals surface area contributed by atoms with Gasteiger partial charge < -0.3 is 68.4 Å². The summed E-state index contributed by atoms with van der Waals surface area (Å²) in [5, 5.41) is 40.3. The zero-order chi connectivity index (χ0) is 70.7. The smallest absolute Gasteiger partial charge is 0.407 e. The topological polar surface area (TPSA) is 417 Å². The number of aliphatic hydroxyl groups excluding tert-OH is 2. The van der Waals surface area contributed by atoms with Crippen LogP contribution in [0.3, 0.4) is 0 Å². The normalized spacial score (nSPS) is 23.0. The van der Waals surface area contributed by atoms with Gasteiger partial charge in [-0.25, -0.2) is 9.59 Å².